The van der Waals surface area contributed by atoms with Gasteiger partial charge in [0.1, 0.15) is 5.75 Å². The summed E-state index contributed by atoms with van der Waals surface area (Å²) in [5.41, 5.74) is 1.73. The van der Waals surface area contributed by atoms with Crippen LogP contribution in [0, 0.1) is 6.92 Å². The molecule has 0 saturated carbocycles. The Hall–Kier alpha value is -2.00. The minimum Gasteiger partial charge on any atom is -0.455 e. The smallest absolute Gasteiger partial charge is 0.224 e. The molecule has 0 heterocycles. The summed E-state index contributed by atoms with van der Waals surface area (Å²) in [6.07, 6.45) is 0.399. The third-order valence-electron chi connectivity index (χ3n) is 2.79. The minimum atomic E-state index is -0.0824. The van der Waals surface area contributed by atoms with Crippen LogP contribution < -0.4 is 10.1 Å². The molecule has 4 heteroatoms. The number of ether oxygens (including phenoxy) is 1. The van der Waals surface area contributed by atoms with Gasteiger partial charge in [0.15, 0.2) is 5.75 Å². The summed E-state index contributed by atoms with van der Waals surface area (Å²) in [7, 11) is 0. The Balaban J connectivity index is 2.26. The van der Waals surface area contributed by atoms with E-state index in [2.05, 4.69) is 5.32 Å². The molecule has 0 aliphatic carbocycles. The SMILES string of the molecule is CCC(=O)Nc1cc(Cl)ccc1Oc1ccc(C)cc1. The second-order valence-electron chi connectivity index (χ2n) is 4.46. The van der Waals surface area contributed by atoms with E-state index in [1.165, 1.54) is 0 Å². The first-order chi connectivity index (χ1) is 9.58. The molecule has 0 radical (unpaired) electrons. The van der Waals surface area contributed by atoms with Crippen molar-refractivity contribution in [3.63, 3.8) is 0 Å². The molecule has 0 saturated heterocycles. The molecule has 2 rings (SSSR count). The molecule has 0 aliphatic heterocycles. The van der Waals surface area contributed by atoms with E-state index < -0.39 is 0 Å². The molecule has 2 aromatic rings. The molecule has 0 unspecified atom stereocenters. The average Bonchev–Trinajstić information content (AvgIpc) is 2.44. The lowest BCUT2D eigenvalue weighted by atomic mass is 10.2. The Morgan fingerprint density at radius 1 is 1.20 bits per heavy atom. The normalized spacial score (nSPS) is 10.2. The molecule has 3 nitrogen and oxygen atoms in total. The zero-order valence-corrected chi connectivity index (χ0v) is 12.2. The Kier molecular flexibility index (Phi) is 4.64. The highest BCUT2D eigenvalue weighted by molar-refractivity contribution is 6.31. The monoisotopic (exact) mass is 289 g/mol. The van der Waals surface area contributed by atoms with Gasteiger partial charge in [-0.3, -0.25) is 4.79 Å². The van der Waals surface area contributed by atoms with Gasteiger partial charge in [0.05, 0.1) is 5.69 Å². The van der Waals surface area contributed by atoms with Crippen molar-refractivity contribution in [3.05, 3.63) is 53.1 Å². The number of carbonyl (C=O) groups is 1. The Morgan fingerprint density at radius 3 is 2.55 bits per heavy atom. The average molecular weight is 290 g/mol. The fourth-order valence-electron chi connectivity index (χ4n) is 1.66. The predicted octanol–water partition coefficient (Wildman–Crippen LogP) is 4.79. The fourth-order valence-corrected chi connectivity index (χ4v) is 1.83. The zero-order valence-electron chi connectivity index (χ0n) is 11.4. The summed E-state index contributed by atoms with van der Waals surface area (Å²) in [6.45, 7) is 3.80. The van der Waals surface area contributed by atoms with E-state index in [0.29, 0.717) is 28.6 Å². The Morgan fingerprint density at radius 2 is 1.90 bits per heavy atom. The molecule has 2 aromatic carbocycles. The van der Waals surface area contributed by atoms with Gasteiger partial charge in [0.25, 0.3) is 0 Å². The van der Waals surface area contributed by atoms with Crippen LogP contribution >= 0.6 is 11.6 Å². The Bertz CT molecular complexity index is 608. The van der Waals surface area contributed by atoms with Gasteiger partial charge >= 0.3 is 0 Å². The van der Waals surface area contributed by atoms with Crippen LogP contribution in [0.1, 0.15) is 18.9 Å². The molecule has 0 aromatic heterocycles. The summed E-state index contributed by atoms with van der Waals surface area (Å²) in [5.74, 6) is 1.20. The first-order valence-electron chi connectivity index (χ1n) is 6.42. The Labute approximate surface area is 123 Å². The van der Waals surface area contributed by atoms with Crippen LogP contribution in [-0.2, 0) is 4.79 Å². The number of anilines is 1. The van der Waals surface area contributed by atoms with Crippen LogP contribution in [0.15, 0.2) is 42.5 Å². The second-order valence-corrected chi connectivity index (χ2v) is 4.89. The number of rotatable bonds is 4. The fraction of sp³-hybridized carbons (Fsp3) is 0.188. The van der Waals surface area contributed by atoms with Crippen molar-refractivity contribution >= 4 is 23.2 Å². The minimum absolute atomic E-state index is 0.0824. The van der Waals surface area contributed by atoms with Crippen molar-refractivity contribution in [2.75, 3.05) is 5.32 Å². The topological polar surface area (TPSA) is 38.3 Å². The number of amides is 1. The molecular weight excluding hydrogens is 274 g/mol. The predicted molar refractivity (Wildman–Crippen MR) is 81.6 cm³/mol. The zero-order chi connectivity index (χ0) is 14.5. The van der Waals surface area contributed by atoms with Crippen LogP contribution in [0.25, 0.3) is 0 Å². The summed E-state index contributed by atoms with van der Waals surface area (Å²) in [4.78, 5) is 11.5. The number of aryl methyl sites for hydroxylation is 1. The van der Waals surface area contributed by atoms with E-state index in [4.69, 9.17) is 16.3 Å². The highest BCUT2D eigenvalue weighted by Crippen LogP contribution is 2.32. The maximum absolute atomic E-state index is 11.5. The standard InChI is InChI=1S/C16H16ClNO2/c1-3-16(19)18-14-10-12(17)6-9-15(14)20-13-7-4-11(2)5-8-13/h4-10H,3H2,1-2H3,(H,18,19). The lowest BCUT2D eigenvalue weighted by Crippen LogP contribution is -2.10. The molecule has 0 aliphatic rings. The molecule has 1 amide bonds. The second kappa shape index (κ2) is 6.44. The number of benzene rings is 2. The van der Waals surface area contributed by atoms with E-state index in [1.54, 1.807) is 25.1 Å². The number of nitrogens with one attached hydrogen (secondary N) is 1. The van der Waals surface area contributed by atoms with Gasteiger partial charge in [-0.25, -0.2) is 0 Å². The maximum atomic E-state index is 11.5. The summed E-state index contributed by atoms with van der Waals surface area (Å²) in [5, 5.41) is 3.33. The highest BCUT2D eigenvalue weighted by Gasteiger charge is 2.08. The lowest BCUT2D eigenvalue weighted by Gasteiger charge is -2.12. The van der Waals surface area contributed by atoms with E-state index in [-0.39, 0.29) is 5.91 Å². The molecule has 0 bridgehead atoms. The van der Waals surface area contributed by atoms with Crippen LogP contribution in [0.2, 0.25) is 5.02 Å². The van der Waals surface area contributed by atoms with Gasteiger partial charge in [-0.15, -0.1) is 0 Å². The molecule has 0 spiro atoms. The summed E-state index contributed by atoms with van der Waals surface area (Å²) >= 11 is 5.96. The molecular formula is C16H16ClNO2. The van der Waals surface area contributed by atoms with Gasteiger partial charge < -0.3 is 10.1 Å². The third kappa shape index (κ3) is 3.75. The van der Waals surface area contributed by atoms with Crippen molar-refractivity contribution in [3.8, 4) is 11.5 Å². The van der Waals surface area contributed by atoms with Crippen molar-refractivity contribution in [1.82, 2.24) is 0 Å². The van der Waals surface area contributed by atoms with Gasteiger partial charge in [0, 0.05) is 11.4 Å². The molecule has 0 fully saturated rings. The van der Waals surface area contributed by atoms with Crippen molar-refractivity contribution in [2.24, 2.45) is 0 Å². The molecule has 104 valence electrons. The quantitative estimate of drug-likeness (QED) is 0.879. The van der Waals surface area contributed by atoms with Crippen LogP contribution in [0.4, 0.5) is 5.69 Å². The first-order valence-corrected chi connectivity index (χ1v) is 6.80. The number of carbonyl (C=O) groups excluding carboxylic acids is 1. The highest BCUT2D eigenvalue weighted by atomic mass is 35.5. The molecule has 1 N–H and O–H groups in total. The number of hydrogen-bond acceptors (Lipinski definition) is 2. The largest absolute Gasteiger partial charge is 0.455 e. The van der Waals surface area contributed by atoms with E-state index in [9.17, 15) is 4.79 Å². The number of hydrogen-bond donors (Lipinski definition) is 1. The summed E-state index contributed by atoms with van der Waals surface area (Å²) < 4.78 is 5.79. The van der Waals surface area contributed by atoms with E-state index in [0.717, 1.165) is 5.56 Å². The van der Waals surface area contributed by atoms with Gasteiger partial charge in [0.2, 0.25) is 5.91 Å². The van der Waals surface area contributed by atoms with Crippen LogP contribution in [0.5, 0.6) is 11.5 Å². The van der Waals surface area contributed by atoms with E-state index >= 15 is 0 Å². The van der Waals surface area contributed by atoms with Crippen molar-refractivity contribution in [1.29, 1.82) is 0 Å². The summed E-state index contributed by atoms with van der Waals surface area (Å²) in [6, 6.07) is 12.9. The van der Waals surface area contributed by atoms with Crippen LogP contribution in [-0.4, -0.2) is 5.91 Å². The van der Waals surface area contributed by atoms with Gasteiger partial charge in [-0.2, -0.15) is 0 Å². The van der Waals surface area contributed by atoms with Gasteiger partial charge in [-0.05, 0) is 37.3 Å². The van der Waals surface area contributed by atoms with Gasteiger partial charge in [-0.1, -0.05) is 36.2 Å². The third-order valence-corrected chi connectivity index (χ3v) is 3.02. The maximum Gasteiger partial charge on any atom is 0.224 e. The molecule has 0 atom stereocenters. The van der Waals surface area contributed by atoms with Crippen LogP contribution in [0.3, 0.4) is 0 Å². The van der Waals surface area contributed by atoms with Crippen molar-refractivity contribution in [2.45, 2.75) is 20.3 Å². The molecule has 20 heavy (non-hydrogen) atoms. The van der Waals surface area contributed by atoms with E-state index in [1.807, 2.05) is 31.2 Å². The number of halogens is 1. The first kappa shape index (κ1) is 14.4. The van der Waals surface area contributed by atoms with Crippen molar-refractivity contribution < 1.29 is 9.53 Å². The lowest BCUT2D eigenvalue weighted by molar-refractivity contribution is -0.115.